The van der Waals surface area contributed by atoms with Gasteiger partial charge in [-0.3, -0.25) is 4.79 Å². The maximum atomic E-state index is 12.7. The number of aromatic amines is 1. The van der Waals surface area contributed by atoms with Gasteiger partial charge in [-0.15, -0.1) is 0 Å². The molecule has 0 saturated carbocycles. The Morgan fingerprint density at radius 1 is 1.10 bits per heavy atom. The Bertz CT molecular complexity index is 866. The van der Waals surface area contributed by atoms with Gasteiger partial charge < -0.3 is 9.72 Å². The van der Waals surface area contributed by atoms with Crippen LogP contribution in [-0.2, 0) is 18.0 Å². The highest BCUT2D eigenvalue weighted by Gasteiger charge is 2.18. The standard InChI is InChI=1S/C17H12BrNO2/c18-13-3-4-14-15(7-19-16(14)6-13)17(20)10-1-2-11-8-21-9-12(11)5-10/h1-7,19H,8-9H2. The molecule has 104 valence electrons. The van der Waals surface area contributed by atoms with Crippen molar-refractivity contribution in [3.8, 4) is 0 Å². The normalized spacial score (nSPS) is 13.6. The monoisotopic (exact) mass is 341 g/mol. The van der Waals surface area contributed by atoms with E-state index in [9.17, 15) is 4.79 Å². The molecule has 1 aromatic heterocycles. The smallest absolute Gasteiger partial charge is 0.195 e. The molecule has 1 N–H and O–H groups in total. The zero-order valence-corrected chi connectivity index (χ0v) is 12.7. The molecule has 4 rings (SSSR count). The van der Waals surface area contributed by atoms with Crippen molar-refractivity contribution in [2.45, 2.75) is 13.2 Å². The third-order valence-corrected chi connectivity index (χ3v) is 4.37. The minimum atomic E-state index is 0.0401. The van der Waals surface area contributed by atoms with E-state index >= 15 is 0 Å². The zero-order valence-electron chi connectivity index (χ0n) is 11.2. The average Bonchev–Trinajstić information content (AvgIpc) is 3.11. The fourth-order valence-electron chi connectivity index (χ4n) is 2.76. The maximum Gasteiger partial charge on any atom is 0.195 e. The predicted molar refractivity (Wildman–Crippen MR) is 84.4 cm³/mol. The summed E-state index contributed by atoms with van der Waals surface area (Å²) in [4.78, 5) is 15.9. The van der Waals surface area contributed by atoms with Gasteiger partial charge in [0.1, 0.15) is 0 Å². The predicted octanol–water partition coefficient (Wildman–Crippen LogP) is 4.19. The number of aromatic nitrogens is 1. The summed E-state index contributed by atoms with van der Waals surface area (Å²) >= 11 is 3.44. The molecule has 0 amide bonds. The summed E-state index contributed by atoms with van der Waals surface area (Å²) in [6, 6.07) is 11.7. The molecule has 1 aliphatic heterocycles. The van der Waals surface area contributed by atoms with E-state index in [2.05, 4.69) is 20.9 Å². The van der Waals surface area contributed by atoms with E-state index in [4.69, 9.17) is 4.74 Å². The molecule has 0 saturated heterocycles. The van der Waals surface area contributed by atoms with E-state index < -0.39 is 0 Å². The maximum absolute atomic E-state index is 12.7. The van der Waals surface area contributed by atoms with Crippen molar-refractivity contribution in [3.05, 3.63) is 69.3 Å². The van der Waals surface area contributed by atoms with Gasteiger partial charge in [0.05, 0.1) is 13.2 Å². The highest BCUT2D eigenvalue weighted by atomic mass is 79.9. The van der Waals surface area contributed by atoms with Crippen molar-refractivity contribution < 1.29 is 9.53 Å². The number of carbonyl (C=O) groups is 1. The van der Waals surface area contributed by atoms with Crippen molar-refractivity contribution in [1.82, 2.24) is 4.98 Å². The van der Waals surface area contributed by atoms with Gasteiger partial charge in [-0.05, 0) is 29.3 Å². The number of ether oxygens (including phenoxy) is 1. The first-order valence-electron chi connectivity index (χ1n) is 6.73. The van der Waals surface area contributed by atoms with Gasteiger partial charge >= 0.3 is 0 Å². The van der Waals surface area contributed by atoms with Crippen molar-refractivity contribution in [3.63, 3.8) is 0 Å². The Balaban J connectivity index is 1.79. The number of carbonyl (C=O) groups excluding carboxylic acids is 1. The van der Waals surface area contributed by atoms with Gasteiger partial charge in [0.2, 0.25) is 0 Å². The molecule has 0 atom stereocenters. The summed E-state index contributed by atoms with van der Waals surface area (Å²) in [6.45, 7) is 1.24. The number of hydrogen-bond donors (Lipinski definition) is 1. The summed E-state index contributed by atoms with van der Waals surface area (Å²) in [6.07, 6.45) is 1.78. The van der Waals surface area contributed by atoms with Crippen LogP contribution in [0.15, 0.2) is 47.1 Å². The highest BCUT2D eigenvalue weighted by Crippen LogP contribution is 2.26. The molecule has 0 bridgehead atoms. The Morgan fingerprint density at radius 2 is 1.95 bits per heavy atom. The van der Waals surface area contributed by atoms with Crippen LogP contribution < -0.4 is 0 Å². The van der Waals surface area contributed by atoms with Crippen molar-refractivity contribution in [1.29, 1.82) is 0 Å². The lowest BCUT2D eigenvalue weighted by molar-refractivity contribution is 0.104. The van der Waals surface area contributed by atoms with Crippen LogP contribution in [0.25, 0.3) is 10.9 Å². The van der Waals surface area contributed by atoms with Crippen LogP contribution in [0.3, 0.4) is 0 Å². The van der Waals surface area contributed by atoms with E-state index in [1.54, 1.807) is 6.20 Å². The van der Waals surface area contributed by atoms with Crippen molar-refractivity contribution in [2.24, 2.45) is 0 Å². The Labute approximate surface area is 130 Å². The first-order valence-corrected chi connectivity index (χ1v) is 7.52. The summed E-state index contributed by atoms with van der Waals surface area (Å²) in [5.74, 6) is 0.0401. The average molecular weight is 342 g/mol. The number of nitrogens with one attached hydrogen (secondary N) is 1. The number of ketones is 1. The van der Waals surface area contributed by atoms with Crippen LogP contribution in [0.5, 0.6) is 0 Å². The molecule has 4 heteroatoms. The van der Waals surface area contributed by atoms with E-state index in [-0.39, 0.29) is 5.78 Å². The minimum Gasteiger partial charge on any atom is -0.372 e. The zero-order chi connectivity index (χ0) is 14.4. The lowest BCUT2D eigenvalue weighted by atomic mass is 9.99. The Kier molecular flexibility index (Phi) is 2.94. The molecule has 3 nitrogen and oxygen atoms in total. The second kappa shape index (κ2) is 4.83. The molecule has 3 aromatic rings. The topological polar surface area (TPSA) is 42.1 Å². The number of hydrogen-bond acceptors (Lipinski definition) is 2. The van der Waals surface area contributed by atoms with Crippen LogP contribution in [0.2, 0.25) is 0 Å². The van der Waals surface area contributed by atoms with Crippen LogP contribution in [-0.4, -0.2) is 10.8 Å². The number of halogens is 1. The fraction of sp³-hybridized carbons (Fsp3) is 0.118. The molecule has 0 aliphatic carbocycles. The number of H-pyrrole nitrogens is 1. The third-order valence-electron chi connectivity index (χ3n) is 3.87. The van der Waals surface area contributed by atoms with Crippen molar-refractivity contribution >= 4 is 32.6 Å². The molecular formula is C17H12BrNO2. The summed E-state index contributed by atoms with van der Waals surface area (Å²) < 4.78 is 6.39. The third kappa shape index (κ3) is 2.11. The van der Waals surface area contributed by atoms with Gasteiger partial charge in [0, 0.05) is 32.7 Å². The number of benzene rings is 2. The molecule has 1 aliphatic rings. The molecular weight excluding hydrogens is 330 g/mol. The highest BCUT2D eigenvalue weighted by molar-refractivity contribution is 9.10. The molecule has 0 fully saturated rings. The van der Waals surface area contributed by atoms with Crippen LogP contribution in [0.1, 0.15) is 27.0 Å². The van der Waals surface area contributed by atoms with Crippen molar-refractivity contribution in [2.75, 3.05) is 0 Å². The fourth-order valence-corrected chi connectivity index (χ4v) is 3.12. The second-order valence-electron chi connectivity index (χ2n) is 5.20. The van der Waals surface area contributed by atoms with Crippen LogP contribution in [0, 0.1) is 0 Å². The second-order valence-corrected chi connectivity index (χ2v) is 6.11. The SMILES string of the molecule is O=C(c1ccc2c(c1)COC2)c1c[nH]c2cc(Br)ccc12. The van der Waals surface area contributed by atoms with Gasteiger partial charge in [-0.25, -0.2) is 0 Å². The molecule has 0 unspecified atom stereocenters. The first kappa shape index (κ1) is 12.8. The summed E-state index contributed by atoms with van der Waals surface area (Å²) in [5, 5.41) is 0.944. The van der Waals surface area contributed by atoms with Gasteiger partial charge in [0.15, 0.2) is 5.78 Å². The summed E-state index contributed by atoms with van der Waals surface area (Å²) in [5.41, 5.74) is 4.66. The minimum absolute atomic E-state index is 0.0401. The van der Waals surface area contributed by atoms with E-state index in [1.807, 2.05) is 36.4 Å². The first-order chi connectivity index (χ1) is 10.2. The van der Waals surface area contributed by atoms with E-state index in [0.717, 1.165) is 20.9 Å². The largest absolute Gasteiger partial charge is 0.372 e. The Morgan fingerprint density at radius 3 is 2.86 bits per heavy atom. The summed E-state index contributed by atoms with van der Waals surface area (Å²) in [7, 11) is 0. The van der Waals surface area contributed by atoms with Gasteiger partial charge in [-0.1, -0.05) is 34.1 Å². The van der Waals surface area contributed by atoms with E-state index in [1.165, 1.54) is 5.56 Å². The lowest BCUT2D eigenvalue weighted by Gasteiger charge is -2.03. The Hall–Kier alpha value is -1.91. The van der Waals surface area contributed by atoms with E-state index in [0.29, 0.717) is 24.3 Å². The number of fused-ring (bicyclic) bond motifs is 2. The quantitative estimate of drug-likeness (QED) is 0.710. The lowest BCUT2D eigenvalue weighted by Crippen LogP contribution is -2.01. The molecule has 0 spiro atoms. The molecule has 0 radical (unpaired) electrons. The van der Waals surface area contributed by atoms with Gasteiger partial charge in [0.25, 0.3) is 0 Å². The molecule has 2 aromatic carbocycles. The molecule has 2 heterocycles. The van der Waals surface area contributed by atoms with Crippen LogP contribution >= 0.6 is 15.9 Å². The van der Waals surface area contributed by atoms with Gasteiger partial charge in [-0.2, -0.15) is 0 Å². The molecule has 21 heavy (non-hydrogen) atoms. The number of rotatable bonds is 2. The van der Waals surface area contributed by atoms with Crippen LogP contribution in [0.4, 0.5) is 0 Å².